The number of H-pyrrole nitrogens is 1. The Hall–Kier alpha value is -3.15. The van der Waals surface area contributed by atoms with Crippen LogP contribution in [0.5, 0.6) is 0 Å². The first-order valence-corrected chi connectivity index (χ1v) is 8.00. The zero-order valence-corrected chi connectivity index (χ0v) is 14.1. The van der Waals surface area contributed by atoms with Crippen molar-refractivity contribution in [2.24, 2.45) is 0 Å². The Labute approximate surface area is 144 Å². The Morgan fingerprint density at radius 3 is 2.68 bits per heavy atom. The lowest BCUT2D eigenvalue weighted by Crippen LogP contribution is -2.30. The molecule has 2 N–H and O–H groups in total. The van der Waals surface area contributed by atoms with E-state index in [1.165, 1.54) is 6.07 Å². The second-order valence-corrected chi connectivity index (χ2v) is 6.04. The van der Waals surface area contributed by atoms with Crippen molar-refractivity contribution in [3.05, 3.63) is 80.0 Å². The van der Waals surface area contributed by atoms with Gasteiger partial charge >= 0.3 is 0 Å². The van der Waals surface area contributed by atoms with Crippen LogP contribution >= 0.6 is 0 Å². The molecule has 3 rings (SSSR count). The van der Waals surface area contributed by atoms with Gasteiger partial charge in [0.2, 0.25) is 5.91 Å². The van der Waals surface area contributed by atoms with E-state index in [0.717, 1.165) is 11.3 Å². The van der Waals surface area contributed by atoms with Crippen LogP contribution in [0, 0.1) is 13.8 Å². The van der Waals surface area contributed by atoms with Gasteiger partial charge < -0.3 is 14.9 Å². The molecule has 2 heterocycles. The van der Waals surface area contributed by atoms with Crippen molar-refractivity contribution in [2.45, 2.75) is 26.9 Å². The topological polar surface area (TPSA) is 84.0 Å². The summed E-state index contributed by atoms with van der Waals surface area (Å²) in [6, 6.07) is 10.5. The van der Waals surface area contributed by atoms with Crippen LogP contribution in [0.3, 0.4) is 0 Å². The van der Waals surface area contributed by atoms with Crippen LogP contribution in [0.2, 0.25) is 0 Å². The van der Waals surface area contributed by atoms with Crippen molar-refractivity contribution >= 4 is 16.8 Å². The molecule has 0 aliphatic heterocycles. The van der Waals surface area contributed by atoms with Crippen molar-refractivity contribution in [2.75, 3.05) is 0 Å². The minimum Gasteiger partial charge on any atom is -0.350 e. The number of rotatable bonds is 4. The Morgan fingerprint density at radius 2 is 1.92 bits per heavy atom. The maximum Gasteiger partial charge on any atom is 0.253 e. The van der Waals surface area contributed by atoms with Crippen LogP contribution in [-0.4, -0.2) is 15.5 Å². The van der Waals surface area contributed by atoms with E-state index in [1.807, 2.05) is 26.0 Å². The van der Waals surface area contributed by atoms with E-state index in [4.69, 9.17) is 0 Å². The highest BCUT2D eigenvalue weighted by Crippen LogP contribution is 2.09. The second kappa shape index (κ2) is 6.76. The zero-order valence-electron chi connectivity index (χ0n) is 14.1. The lowest BCUT2D eigenvalue weighted by molar-refractivity contribution is -0.121. The van der Waals surface area contributed by atoms with Crippen LogP contribution in [0.25, 0.3) is 10.9 Å². The van der Waals surface area contributed by atoms with Crippen molar-refractivity contribution in [1.29, 1.82) is 0 Å². The van der Waals surface area contributed by atoms with E-state index < -0.39 is 0 Å². The maximum absolute atomic E-state index is 12.3. The van der Waals surface area contributed by atoms with E-state index >= 15 is 0 Å². The minimum atomic E-state index is -0.229. The van der Waals surface area contributed by atoms with Crippen LogP contribution < -0.4 is 16.3 Å². The van der Waals surface area contributed by atoms with Gasteiger partial charge in [-0.2, -0.15) is 0 Å². The highest BCUT2D eigenvalue weighted by molar-refractivity contribution is 5.82. The van der Waals surface area contributed by atoms with Crippen molar-refractivity contribution < 1.29 is 4.79 Å². The summed E-state index contributed by atoms with van der Waals surface area (Å²) in [7, 11) is 0. The number of aromatic nitrogens is 2. The van der Waals surface area contributed by atoms with Gasteiger partial charge in [0.25, 0.3) is 5.56 Å². The van der Waals surface area contributed by atoms with Crippen LogP contribution in [0.1, 0.15) is 16.8 Å². The molecule has 0 fully saturated rings. The first kappa shape index (κ1) is 16.7. The van der Waals surface area contributed by atoms with E-state index in [0.29, 0.717) is 16.5 Å². The van der Waals surface area contributed by atoms with E-state index in [9.17, 15) is 14.4 Å². The molecule has 0 unspecified atom stereocenters. The lowest BCUT2D eigenvalue weighted by atomic mass is 10.1. The summed E-state index contributed by atoms with van der Waals surface area (Å²) in [5.74, 6) is -0.229. The SMILES string of the molecule is Cc1cc(C)c(CNC(=O)Cn2ccc(=O)c3ccccc32)c(=O)[nH]1. The monoisotopic (exact) mass is 337 g/mol. The standard InChI is InChI=1S/C19H19N3O3/c1-12-9-13(2)21-19(25)15(12)10-20-18(24)11-22-8-7-17(23)14-5-3-4-6-16(14)22/h3-9H,10-11H2,1-2H3,(H,20,24)(H,21,25). The zero-order chi connectivity index (χ0) is 18.0. The predicted octanol–water partition coefficient (Wildman–Crippen LogP) is 1.62. The number of aryl methyl sites for hydroxylation is 2. The third-order valence-electron chi connectivity index (χ3n) is 4.15. The number of amides is 1. The Morgan fingerprint density at radius 1 is 1.16 bits per heavy atom. The quantitative estimate of drug-likeness (QED) is 0.759. The molecule has 1 amide bonds. The van der Waals surface area contributed by atoms with E-state index in [-0.39, 0.29) is 30.0 Å². The lowest BCUT2D eigenvalue weighted by Gasteiger charge is -2.12. The van der Waals surface area contributed by atoms with E-state index in [1.54, 1.807) is 29.0 Å². The number of carbonyl (C=O) groups is 1. The summed E-state index contributed by atoms with van der Waals surface area (Å²) in [5, 5.41) is 3.34. The molecule has 2 aromatic heterocycles. The Balaban J connectivity index is 1.77. The number of carbonyl (C=O) groups excluding carboxylic acids is 1. The third-order valence-corrected chi connectivity index (χ3v) is 4.15. The highest BCUT2D eigenvalue weighted by atomic mass is 16.2. The Bertz CT molecular complexity index is 1060. The first-order valence-electron chi connectivity index (χ1n) is 8.00. The molecule has 0 radical (unpaired) electrons. The fourth-order valence-electron chi connectivity index (χ4n) is 2.90. The predicted molar refractivity (Wildman–Crippen MR) is 96.6 cm³/mol. The number of nitrogens with one attached hydrogen (secondary N) is 2. The molecule has 0 aliphatic rings. The van der Waals surface area contributed by atoms with Crippen molar-refractivity contribution in [1.82, 2.24) is 14.9 Å². The molecule has 1 aromatic carbocycles. The van der Waals surface area contributed by atoms with Gasteiger partial charge in [-0.25, -0.2) is 0 Å². The maximum atomic E-state index is 12.3. The molecule has 6 heteroatoms. The molecule has 25 heavy (non-hydrogen) atoms. The summed E-state index contributed by atoms with van der Waals surface area (Å²) in [6.07, 6.45) is 1.61. The van der Waals surface area contributed by atoms with Crippen molar-refractivity contribution in [3.63, 3.8) is 0 Å². The average Bonchev–Trinajstić information content (AvgIpc) is 2.57. The second-order valence-electron chi connectivity index (χ2n) is 6.04. The minimum absolute atomic E-state index is 0.0730. The van der Waals surface area contributed by atoms with Crippen LogP contribution in [0.4, 0.5) is 0 Å². The molecule has 0 aliphatic carbocycles. The first-order chi connectivity index (χ1) is 12.0. The third kappa shape index (κ3) is 3.52. The fourth-order valence-corrected chi connectivity index (χ4v) is 2.90. The normalized spacial score (nSPS) is 10.8. The van der Waals surface area contributed by atoms with Crippen molar-refractivity contribution in [3.8, 4) is 0 Å². The van der Waals surface area contributed by atoms with Gasteiger partial charge in [0.05, 0.1) is 5.52 Å². The molecule has 128 valence electrons. The number of aromatic amines is 1. The highest BCUT2D eigenvalue weighted by Gasteiger charge is 2.09. The van der Waals surface area contributed by atoms with Gasteiger partial charge in [0.15, 0.2) is 5.43 Å². The molecule has 6 nitrogen and oxygen atoms in total. The van der Waals surface area contributed by atoms with Crippen LogP contribution in [-0.2, 0) is 17.9 Å². The molecule has 0 spiro atoms. The summed E-state index contributed by atoms with van der Waals surface area (Å²) in [6.45, 7) is 3.90. The van der Waals surface area contributed by atoms with Crippen LogP contribution in [0.15, 0.2) is 52.2 Å². The van der Waals surface area contributed by atoms with Gasteiger partial charge in [-0.1, -0.05) is 12.1 Å². The molecule has 0 bridgehead atoms. The fraction of sp³-hybridized carbons (Fsp3) is 0.211. The number of fused-ring (bicyclic) bond motifs is 1. The molecular formula is C19H19N3O3. The number of hydrogen-bond donors (Lipinski definition) is 2. The van der Waals surface area contributed by atoms with Gasteiger partial charge in [-0.05, 0) is 37.6 Å². The largest absolute Gasteiger partial charge is 0.350 e. The van der Waals surface area contributed by atoms with E-state index in [2.05, 4.69) is 10.3 Å². The number of para-hydroxylation sites is 1. The summed E-state index contributed by atoms with van der Waals surface area (Å²) in [5.41, 5.74) is 2.62. The Kier molecular flexibility index (Phi) is 4.52. The number of pyridine rings is 2. The molecule has 3 aromatic rings. The molecule has 0 saturated carbocycles. The molecule has 0 saturated heterocycles. The number of hydrogen-bond acceptors (Lipinski definition) is 3. The van der Waals surface area contributed by atoms with Gasteiger partial charge in [0.1, 0.15) is 6.54 Å². The van der Waals surface area contributed by atoms with Gasteiger partial charge in [-0.15, -0.1) is 0 Å². The van der Waals surface area contributed by atoms with Gasteiger partial charge in [0, 0.05) is 35.5 Å². The number of nitrogens with zero attached hydrogens (tertiary/aromatic N) is 1. The summed E-state index contributed by atoms with van der Waals surface area (Å²) in [4.78, 5) is 38.9. The summed E-state index contributed by atoms with van der Waals surface area (Å²) < 4.78 is 1.72. The summed E-state index contributed by atoms with van der Waals surface area (Å²) >= 11 is 0. The molecular weight excluding hydrogens is 318 g/mol. The average molecular weight is 337 g/mol. The smallest absolute Gasteiger partial charge is 0.253 e. The molecule has 0 atom stereocenters. The van der Waals surface area contributed by atoms with Gasteiger partial charge in [-0.3, -0.25) is 14.4 Å². The number of benzene rings is 1.